The van der Waals surface area contributed by atoms with Gasteiger partial charge in [-0.1, -0.05) is 13.3 Å². The van der Waals surface area contributed by atoms with Crippen molar-refractivity contribution >= 4 is 11.8 Å². The molecule has 1 aromatic heterocycles. The minimum atomic E-state index is -0.883. The third kappa shape index (κ3) is 4.20. The third-order valence-corrected chi connectivity index (χ3v) is 2.30. The molecule has 1 atom stereocenters. The maximum absolute atomic E-state index is 11.1. The molecule has 0 bridgehead atoms. The van der Waals surface area contributed by atoms with Gasteiger partial charge in [-0.05, 0) is 20.3 Å². The van der Waals surface area contributed by atoms with E-state index in [9.17, 15) is 4.79 Å². The molecule has 1 heterocycles. The lowest BCUT2D eigenvalue weighted by Gasteiger charge is -2.15. The molecule has 18 heavy (non-hydrogen) atoms. The Kier molecular flexibility index (Phi) is 5.35. The first-order chi connectivity index (χ1) is 8.56. The minimum Gasteiger partial charge on any atom is -0.480 e. The number of nitrogens with zero attached hydrogens (tertiary/aromatic N) is 2. The molecule has 1 unspecified atom stereocenters. The molecule has 0 radical (unpaired) electrons. The number of aromatic nitrogens is 2. The van der Waals surface area contributed by atoms with Crippen molar-refractivity contribution in [2.45, 2.75) is 39.7 Å². The van der Waals surface area contributed by atoms with Gasteiger partial charge in [0.1, 0.15) is 17.7 Å². The zero-order valence-electron chi connectivity index (χ0n) is 10.9. The Labute approximate surface area is 106 Å². The van der Waals surface area contributed by atoms with Crippen molar-refractivity contribution in [3.05, 3.63) is 11.9 Å². The Bertz CT molecular complexity index is 410. The Hall–Kier alpha value is -1.85. The molecular weight excluding hydrogens is 234 g/mol. The molecule has 2 N–H and O–H groups in total. The van der Waals surface area contributed by atoms with Crippen molar-refractivity contribution in [1.82, 2.24) is 9.97 Å². The van der Waals surface area contributed by atoms with E-state index in [2.05, 4.69) is 15.3 Å². The summed E-state index contributed by atoms with van der Waals surface area (Å²) in [6.07, 6.45) is 1.33. The molecule has 1 aromatic rings. The summed E-state index contributed by atoms with van der Waals surface area (Å²) < 4.78 is 5.29. The zero-order chi connectivity index (χ0) is 13.5. The van der Waals surface area contributed by atoms with Crippen LogP contribution in [0.3, 0.4) is 0 Å². The van der Waals surface area contributed by atoms with Gasteiger partial charge in [-0.25, -0.2) is 9.78 Å². The van der Waals surface area contributed by atoms with Crippen LogP contribution in [-0.2, 0) is 4.79 Å². The van der Waals surface area contributed by atoms with E-state index in [-0.39, 0.29) is 0 Å². The summed E-state index contributed by atoms with van der Waals surface area (Å²) in [5.74, 6) is 0.593. The van der Waals surface area contributed by atoms with Crippen LogP contribution in [0.2, 0.25) is 0 Å². The van der Waals surface area contributed by atoms with Crippen LogP contribution >= 0.6 is 0 Å². The summed E-state index contributed by atoms with van der Waals surface area (Å²) in [5.41, 5.74) is 0. The highest BCUT2D eigenvalue weighted by Crippen LogP contribution is 2.15. The van der Waals surface area contributed by atoms with Gasteiger partial charge in [0.05, 0.1) is 6.61 Å². The summed E-state index contributed by atoms with van der Waals surface area (Å²) >= 11 is 0. The maximum atomic E-state index is 11.1. The number of hydrogen-bond donors (Lipinski definition) is 2. The van der Waals surface area contributed by atoms with Crippen LogP contribution in [-0.4, -0.2) is 33.7 Å². The monoisotopic (exact) mass is 253 g/mol. The van der Waals surface area contributed by atoms with Crippen molar-refractivity contribution in [2.24, 2.45) is 0 Å². The average molecular weight is 253 g/mol. The fourth-order valence-electron chi connectivity index (χ4n) is 1.56. The van der Waals surface area contributed by atoms with Gasteiger partial charge in [-0.15, -0.1) is 0 Å². The number of nitrogens with one attached hydrogen (secondary N) is 1. The summed E-state index contributed by atoms with van der Waals surface area (Å²) in [7, 11) is 0. The van der Waals surface area contributed by atoms with Crippen molar-refractivity contribution in [3.63, 3.8) is 0 Å². The number of aryl methyl sites for hydroxylation is 1. The summed E-state index contributed by atoms with van der Waals surface area (Å²) in [4.78, 5) is 19.3. The number of ether oxygens (including phenoxy) is 1. The second kappa shape index (κ2) is 6.78. The third-order valence-electron chi connectivity index (χ3n) is 2.30. The van der Waals surface area contributed by atoms with Crippen LogP contribution in [0.5, 0.6) is 5.88 Å². The molecule has 0 spiro atoms. The van der Waals surface area contributed by atoms with Crippen LogP contribution in [0.1, 0.15) is 32.5 Å². The number of carboxylic acid groups (broad SMARTS) is 1. The van der Waals surface area contributed by atoms with Crippen LogP contribution < -0.4 is 10.1 Å². The van der Waals surface area contributed by atoms with Crippen molar-refractivity contribution < 1.29 is 14.6 Å². The Morgan fingerprint density at radius 1 is 1.50 bits per heavy atom. The first-order valence-corrected chi connectivity index (χ1v) is 6.04. The van der Waals surface area contributed by atoms with Gasteiger partial charge in [-0.3, -0.25) is 0 Å². The van der Waals surface area contributed by atoms with Gasteiger partial charge < -0.3 is 15.2 Å². The average Bonchev–Trinajstić information content (AvgIpc) is 2.28. The highest BCUT2D eigenvalue weighted by atomic mass is 16.5. The largest absolute Gasteiger partial charge is 0.480 e. The SMILES string of the molecule is CCCC(Nc1cc(OCC)nc(C)n1)C(=O)O. The van der Waals surface area contributed by atoms with Gasteiger partial charge in [-0.2, -0.15) is 4.98 Å². The van der Waals surface area contributed by atoms with Gasteiger partial charge in [0.15, 0.2) is 0 Å². The molecule has 0 fully saturated rings. The normalized spacial score (nSPS) is 11.9. The molecule has 6 nitrogen and oxygen atoms in total. The fourth-order valence-corrected chi connectivity index (χ4v) is 1.56. The molecule has 0 saturated heterocycles. The molecule has 0 aliphatic rings. The van der Waals surface area contributed by atoms with E-state index in [1.54, 1.807) is 13.0 Å². The predicted molar refractivity (Wildman–Crippen MR) is 67.9 cm³/mol. The highest BCUT2D eigenvalue weighted by molar-refractivity contribution is 5.76. The number of aliphatic carboxylic acids is 1. The Morgan fingerprint density at radius 2 is 2.22 bits per heavy atom. The van der Waals surface area contributed by atoms with E-state index < -0.39 is 12.0 Å². The summed E-state index contributed by atoms with van der Waals surface area (Å²) in [6, 6.07) is 0.973. The molecule has 6 heteroatoms. The van der Waals surface area contributed by atoms with Crippen LogP contribution in [0.25, 0.3) is 0 Å². The summed E-state index contributed by atoms with van der Waals surface area (Å²) in [6.45, 7) is 6.05. The summed E-state index contributed by atoms with van der Waals surface area (Å²) in [5, 5.41) is 12.0. The smallest absolute Gasteiger partial charge is 0.326 e. The van der Waals surface area contributed by atoms with Crippen LogP contribution in [0, 0.1) is 6.92 Å². The van der Waals surface area contributed by atoms with Crippen molar-refractivity contribution in [3.8, 4) is 5.88 Å². The van der Waals surface area contributed by atoms with E-state index in [0.717, 1.165) is 6.42 Å². The van der Waals surface area contributed by atoms with E-state index >= 15 is 0 Å². The lowest BCUT2D eigenvalue weighted by atomic mass is 10.2. The van der Waals surface area contributed by atoms with E-state index in [1.165, 1.54) is 0 Å². The van der Waals surface area contributed by atoms with Gasteiger partial charge in [0.2, 0.25) is 5.88 Å². The topological polar surface area (TPSA) is 84.3 Å². The van der Waals surface area contributed by atoms with E-state index in [1.807, 2.05) is 13.8 Å². The van der Waals surface area contributed by atoms with E-state index in [0.29, 0.717) is 30.5 Å². The molecule has 0 aliphatic heterocycles. The second-order valence-corrected chi connectivity index (χ2v) is 3.90. The van der Waals surface area contributed by atoms with Crippen LogP contribution in [0.4, 0.5) is 5.82 Å². The molecule has 0 aromatic carbocycles. The highest BCUT2D eigenvalue weighted by Gasteiger charge is 2.17. The van der Waals surface area contributed by atoms with Crippen molar-refractivity contribution in [2.75, 3.05) is 11.9 Å². The van der Waals surface area contributed by atoms with Gasteiger partial charge in [0.25, 0.3) is 0 Å². The van der Waals surface area contributed by atoms with Gasteiger partial charge >= 0.3 is 5.97 Å². The zero-order valence-corrected chi connectivity index (χ0v) is 10.9. The number of hydrogen-bond acceptors (Lipinski definition) is 5. The number of carboxylic acids is 1. The van der Waals surface area contributed by atoms with E-state index in [4.69, 9.17) is 9.84 Å². The Balaban J connectivity index is 2.84. The first kappa shape index (κ1) is 14.2. The molecular formula is C12H19N3O3. The second-order valence-electron chi connectivity index (χ2n) is 3.90. The van der Waals surface area contributed by atoms with Gasteiger partial charge in [0, 0.05) is 6.07 Å². The number of carbonyl (C=O) groups is 1. The standard InChI is InChI=1S/C12H19N3O3/c1-4-6-9(12(16)17)15-10-7-11(18-5-2)14-8(3)13-10/h7,9H,4-6H2,1-3H3,(H,16,17)(H,13,14,15). The lowest BCUT2D eigenvalue weighted by molar-refractivity contribution is -0.138. The quantitative estimate of drug-likeness (QED) is 0.771. The fraction of sp³-hybridized carbons (Fsp3) is 0.583. The predicted octanol–water partition coefficient (Wildman–Crippen LogP) is 1.85. The van der Waals surface area contributed by atoms with Crippen LogP contribution in [0.15, 0.2) is 6.07 Å². The molecule has 1 rings (SSSR count). The molecule has 0 aliphatic carbocycles. The Morgan fingerprint density at radius 3 is 2.78 bits per heavy atom. The lowest BCUT2D eigenvalue weighted by Crippen LogP contribution is -2.29. The minimum absolute atomic E-state index is 0.452. The van der Waals surface area contributed by atoms with Crippen molar-refractivity contribution in [1.29, 1.82) is 0 Å². The molecule has 0 amide bonds. The maximum Gasteiger partial charge on any atom is 0.326 e. The number of rotatable bonds is 7. The first-order valence-electron chi connectivity index (χ1n) is 6.04. The molecule has 100 valence electrons. The molecule has 0 saturated carbocycles. The number of anilines is 1.